The summed E-state index contributed by atoms with van der Waals surface area (Å²) in [4.78, 5) is 24.4. The molecule has 17 heavy (non-hydrogen) atoms. The highest BCUT2D eigenvalue weighted by atomic mass is 16.5. The normalized spacial score (nSPS) is 19.2. The van der Waals surface area contributed by atoms with Crippen molar-refractivity contribution in [1.82, 2.24) is 4.90 Å². The van der Waals surface area contributed by atoms with Gasteiger partial charge in [0.25, 0.3) is 5.91 Å². The topological polar surface area (TPSA) is 46.6 Å². The van der Waals surface area contributed by atoms with Crippen molar-refractivity contribution in [2.45, 2.75) is 12.6 Å². The predicted molar refractivity (Wildman–Crippen MR) is 62.1 cm³/mol. The van der Waals surface area contributed by atoms with Gasteiger partial charge in [-0.1, -0.05) is 18.2 Å². The second-order valence-corrected chi connectivity index (χ2v) is 3.83. The molecular weight excluding hydrogens is 218 g/mol. The molecule has 0 aromatic heterocycles. The molecule has 1 aromatic carbocycles. The lowest BCUT2D eigenvalue weighted by molar-refractivity contribution is 0.0177. The van der Waals surface area contributed by atoms with Crippen molar-refractivity contribution in [2.75, 3.05) is 13.7 Å². The highest BCUT2D eigenvalue weighted by Crippen LogP contribution is 2.23. The third-order valence-electron chi connectivity index (χ3n) is 2.84. The maximum Gasteiger partial charge on any atom is 0.256 e. The minimum Gasteiger partial charge on any atom is -0.357 e. The van der Waals surface area contributed by atoms with E-state index < -0.39 is 6.23 Å². The third-order valence-corrected chi connectivity index (χ3v) is 2.84. The van der Waals surface area contributed by atoms with E-state index in [9.17, 15) is 9.59 Å². The van der Waals surface area contributed by atoms with Crippen LogP contribution in [-0.2, 0) is 9.53 Å². The van der Waals surface area contributed by atoms with Gasteiger partial charge in [-0.15, -0.1) is 0 Å². The standard InChI is InChI=1S/C13H13NO3/c1-17-13-11(9-15)7-8-14(13)12(16)10-5-3-2-4-6-10/h2-6,13H,7-8H2,1H3/t13-/m0/s1. The first-order chi connectivity index (χ1) is 8.27. The van der Waals surface area contributed by atoms with Gasteiger partial charge in [-0.2, -0.15) is 0 Å². The molecule has 4 nitrogen and oxygen atoms in total. The van der Waals surface area contributed by atoms with E-state index >= 15 is 0 Å². The molecule has 1 aromatic rings. The number of ether oxygens (including phenoxy) is 1. The summed E-state index contributed by atoms with van der Waals surface area (Å²) in [7, 11) is 1.48. The molecule has 0 N–H and O–H groups in total. The molecule has 1 aliphatic rings. The van der Waals surface area contributed by atoms with Gasteiger partial charge in [-0.3, -0.25) is 4.79 Å². The molecule has 1 fully saturated rings. The number of hydrogen-bond donors (Lipinski definition) is 0. The number of carbonyl (C=O) groups excluding carboxylic acids is 2. The van der Waals surface area contributed by atoms with Crippen LogP contribution in [0.25, 0.3) is 0 Å². The minimum atomic E-state index is -0.569. The zero-order valence-corrected chi connectivity index (χ0v) is 9.55. The maximum absolute atomic E-state index is 12.2. The van der Waals surface area contributed by atoms with Gasteiger partial charge in [0.2, 0.25) is 0 Å². The number of amides is 1. The number of carbonyl (C=O) groups is 1. The molecule has 1 heterocycles. The molecule has 1 amide bonds. The largest absolute Gasteiger partial charge is 0.357 e. The lowest BCUT2D eigenvalue weighted by Gasteiger charge is -2.22. The lowest BCUT2D eigenvalue weighted by Crippen LogP contribution is -2.37. The van der Waals surface area contributed by atoms with Crippen LogP contribution in [0, 0.1) is 0 Å². The Hall–Kier alpha value is -1.90. The number of benzene rings is 1. The van der Waals surface area contributed by atoms with Crippen LogP contribution in [-0.4, -0.2) is 36.6 Å². The van der Waals surface area contributed by atoms with Crippen LogP contribution >= 0.6 is 0 Å². The van der Waals surface area contributed by atoms with Gasteiger partial charge in [-0.25, -0.2) is 4.79 Å². The van der Waals surface area contributed by atoms with Crippen LogP contribution in [0.1, 0.15) is 16.8 Å². The molecule has 0 unspecified atom stereocenters. The molecule has 0 spiro atoms. The van der Waals surface area contributed by atoms with Gasteiger partial charge in [0.15, 0.2) is 6.23 Å². The Morgan fingerprint density at radius 2 is 2.12 bits per heavy atom. The zero-order chi connectivity index (χ0) is 12.3. The van der Waals surface area contributed by atoms with Crippen LogP contribution in [0.4, 0.5) is 0 Å². The lowest BCUT2D eigenvalue weighted by atomic mass is 10.2. The van der Waals surface area contributed by atoms with Crippen molar-refractivity contribution in [3.05, 3.63) is 41.5 Å². The number of nitrogens with zero attached hydrogens (tertiary/aromatic N) is 1. The van der Waals surface area contributed by atoms with Gasteiger partial charge < -0.3 is 9.64 Å². The minimum absolute atomic E-state index is 0.122. The van der Waals surface area contributed by atoms with Crippen molar-refractivity contribution in [3.8, 4) is 0 Å². The van der Waals surface area contributed by atoms with Gasteiger partial charge in [0.05, 0.1) is 5.57 Å². The summed E-state index contributed by atoms with van der Waals surface area (Å²) in [5, 5.41) is 0. The summed E-state index contributed by atoms with van der Waals surface area (Å²) in [6.07, 6.45) is -0.0409. The van der Waals surface area contributed by atoms with Gasteiger partial charge in [0.1, 0.15) is 5.94 Å². The van der Waals surface area contributed by atoms with Crippen molar-refractivity contribution in [1.29, 1.82) is 0 Å². The van der Waals surface area contributed by atoms with Crippen LogP contribution in [0.2, 0.25) is 0 Å². The fraction of sp³-hybridized carbons (Fsp3) is 0.308. The van der Waals surface area contributed by atoms with E-state index in [4.69, 9.17) is 4.74 Å². The van der Waals surface area contributed by atoms with Gasteiger partial charge in [0, 0.05) is 25.6 Å². The molecule has 0 saturated carbocycles. The summed E-state index contributed by atoms with van der Waals surface area (Å²) in [6, 6.07) is 8.96. The van der Waals surface area contributed by atoms with E-state index in [0.29, 0.717) is 24.1 Å². The first kappa shape index (κ1) is 11.6. The summed E-state index contributed by atoms with van der Waals surface area (Å²) in [6.45, 7) is 0.497. The fourth-order valence-electron chi connectivity index (χ4n) is 2.00. The maximum atomic E-state index is 12.2. The predicted octanol–water partition coefficient (Wildman–Crippen LogP) is 1.26. The molecular formula is C13H13NO3. The molecule has 88 valence electrons. The quantitative estimate of drug-likeness (QED) is 0.720. The van der Waals surface area contributed by atoms with Crippen molar-refractivity contribution >= 4 is 11.8 Å². The molecule has 0 radical (unpaired) electrons. The second kappa shape index (κ2) is 4.95. The molecule has 1 aliphatic heterocycles. The number of methoxy groups -OCH3 is 1. The van der Waals surface area contributed by atoms with Crippen LogP contribution in [0.15, 0.2) is 35.9 Å². The highest BCUT2D eigenvalue weighted by molar-refractivity contribution is 5.95. The summed E-state index contributed by atoms with van der Waals surface area (Å²) >= 11 is 0. The van der Waals surface area contributed by atoms with Gasteiger partial charge in [-0.05, 0) is 12.1 Å². The Kier molecular flexibility index (Phi) is 3.38. The molecule has 0 bridgehead atoms. The monoisotopic (exact) mass is 231 g/mol. The van der Waals surface area contributed by atoms with Gasteiger partial charge >= 0.3 is 0 Å². The Labute approximate surface area is 99.5 Å². The SMILES string of the molecule is CO[C@H]1C(=C=O)CCN1C(=O)c1ccccc1. The van der Waals surface area contributed by atoms with Crippen molar-refractivity contribution in [3.63, 3.8) is 0 Å². The van der Waals surface area contributed by atoms with Crippen LogP contribution < -0.4 is 0 Å². The van der Waals surface area contributed by atoms with Crippen LogP contribution in [0.5, 0.6) is 0 Å². The first-order valence-corrected chi connectivity index (χ1v) is 5.40. The zero-order valence-electron chi connectivity index (χ0n) is 9.55. The third kappa shape index (κ3) is 2.13. The van der Waals surface area contributed by atoms with Crippen molar-refractivity contribution < 1.29 is 14.3 Å². The Bertz CT molecular complexity index is 463. The Morgan fingerprint density at radius 3 is 2.71 bits per heavy atom. The average Bonchev–Trinajstić information content (AvgIpc) is 2.81. The number of rotatable bonds is 2. The fourth-order valence-corrected chi connectivity index (χ4v) is 2.00. The highest BCUT2D eigenvalue weighted by Gasteiger charge is 2.34. The number of hydrogen-bond acceptors (Lipinski definition) is 3. The smallest absolute Gasteiger partial charge is 0.256 e. The molecule has 1 saturated heterocycles. The molecule has 0 aliphatic carbocycles. The van der Waals surface area contributed by atoms with Crippen LogP contribution in [0.3, 0.4) is 0 Å². The van der Waals surface area contributed by atoms with E-state index in [1.165, 1.54) is 7.11 Å². The summed E-state index contributed by atoms with van der Waals surface area (Å²) in [5.41, 5.74) is 1.10. The van der Waals surface area contributed by atoms with E-state index in [1.54, 1.807) is 17.0 Å². The van der Waals surface area contributed by atoms with E-state index in [0.717, 1.165) is 0 Å². The van der Waals surface area contributed by atoms with E-state index in [2.05, 4.69) is 0 Å². The van der Waals surface area contributed by atoms with E-state index in [1.807, 2.05) is 24.1 Å². The summed E-state index contributed by atoms with van der Waals surface area (Å²) in [5.74, 6) is 1.73. The molecule has 2 rings (SSSR count). The Morgan fingerprint density at radius 1 is 1.41 bits per heavy atom. The Balaban J connectivity index is 2.24. The van der Waals surface area contributed by atoms with E-state index in [-0.39, 0.29) is 5.91 Å². The van der Waals surface area contributed by atoms with Crippen molar-refractivity contribution in [2.24, 2.45) is 0 Å². The molecule has 4 heteroatoms. The second-order valence-electron chi connectivity index (χ2n) is 3.83. The first-order valence-electron chi connectivity index (χ1n) is 5.40. The summed E-state index contributed by atoms with van der Waals surface area (Å²) < 4.78 is 5.18. The molecule has 1 atom stereocenters. The average molecular weight is 231 g/mol. The number of likely N-dealkylation sites (tertiary alicyclic amines) is 1.